The number of amides is 1. The van der Waals surface area contributed by atoms with E-state index in [4.69, 9.17) is 0 Å². The second-order valence-corrected chi connectivity index (χ2v) is 6.74. The Balaban J connectivity index is 1.65. The van der Waals surface area contributed by atoms with Crippen LogP contribution in [0, 0.1) is 0 Å². The number of piperazine rings is 1. The number of nitrogens with zero attached hydrogens (tertiary/aromatic N) is 3. The molecule has 5 nitrogen and oxygen atoms in total. The van der Waals surface area contributed by atoms with Gasteiger partial charge < -0.3 is 15.1 Å². The Morgan fingerprint density at radius 1 is 1.04 bits per heavy atom. The fourth-order valence-corrected chi connectivity index (χ4v) is 3.37. The number of carbonyl (C=O) groups is 1. The van der Waals surface area contributed by atoms with Crippen LogP contribution in [0.3, 0.4) is 0 Å². The second kappa shape index (κ2) is 8.60. The Hall–Kier alpha value is -2.61. The number of hydrogen-bond acceptors (Lipinski definition) is 4. The number of rotatable bonds is 5. The average molecular weight is 392 g/mol. The second-order valence-electron chi connectivity index (χ2n) is 6.74. The lowest BCUT2D eigenvalue weighted by Crippen LogP contribution is -2.48. The predicted octanol–water partition coefficient (Wildman–Crippen LogP) is 3.06. The summed E-state index contributed by atoms with van der Waals surface area (Å²) in [5.74, 6) is 0.869. The molecule has 0 bridgehead atoms. The number of anilines is 1. The van der Waals surface area contributed by atoms with E-state index in [-0.39, 0.29) is 18.0 Å². The van der Waals surface area contributed by atoms with Crippen molar-refractivity contribution >= 4 is 11.7 Å². The van der Waals surface area contributed by atoms with E-state index in [0.717, 1.165) is 17.4 Å². The summed E-state index contributed by atoms with van der Waals surface area (Å²) in [6, 6.07) is 9.32. The van der Waals surface area contributed by atoms with Gasteiger partial charge in [0.25, 0.3) is 0 Å². The largest absolute Gasteiger partial charge is 0.416 e. The fraction of sp³-hybridized carbons (Fsp3) is 0.400. The smallest absolute Gasteiger partial charge is 0.353 e. The summed E-state index contributed by atoms with van der Waals surface area (Å²) in [5.41, 5.74) is 0.521. The molecular formula is C20H23F3N4O. The van der Waals surface area contributed by atoms with Crippen LogP contribution in [0.25, 0.3) is 0 Å². The molecule has 1 N–H and O–H groups in total. The molecule has 150 valence electrons. The minimum absolute atomic E-state index is 0.0610. The van der Waals surface area contributed by atoms with Gasteiger partial charge in [0.05, 0.1) is 5.56 Å². The number of alkyl halides is 3. The lowest BCUT2D eigenvalue weighted by molar-refractivity contribution is -0.138. The van der Waals surface area contributed by atoms with Crippen molar-refractivity contribution in [1.29, 1.82) is 0 Å². The Morgan fingerprint density at radius 3 is 2.36 bits per heavy atom. The maximum Gasteiger partial charge on any atom is 0.416 e. The quantitative estimate of drug-likeness (QED) is 0.850. The van der Waals surface area contributed by atoms with Crippen LogP contribution in [0.15, 0.2) is 42.6 Å². The Kier molecular flexibility index (Phi) is 6.18. The molecule has 1 aliphatic heterocycles. The van der Waals surface area contributed by atoms with Gasteiger partial charge in [0.1, 0.15) is 5.82 Å². The minimum Gasteiger partial charge on any atom is -0.353 e. The number of hydrogen-bond donors (Lipinski definition) is 1. The van der Waals surface area contributed by atoms with E-state index in [0.29, 0.717) is 32.7 Å². The van der Waals surface area contributed by atoms with E-state index in [1.165, 1.54) is 12.1 Å². The first-order valence-corrected chi connectivity index (χ1v) is 9.16. The van der Waals surface area contributed by atoms with Crippen molar-refractivity contribution in [2.45, 2.75) is 26.2 Å². The van der Waals surface area contributed by atoms with E-state index in [1.807, 2.05) is 12.1 Å². The highest BCUT2D eigenvalue weighted by molar-refractivity contribution is 5.73. The monoisotopic (exact) mass is 392 g/mol. The number of nitrogens with one attached hydrogen (secondary N) is 1. The van der Waals surface area contributed by atoms with Gasteiger partial charge in [0.2, 0.25) is 5.91 Å². The molecule has 0 unspecified atom stereocenters. The van der Waals surface area contributed by atoms with Crippen LogP contribution in [0.2, 0.25) is 0 Å². The molecule has 8 heteroatoms. The van der Waals surface area contributed by atoms with Gasteiger partial charge >= 0.3 is 6.18 Å². The Labute approximate surface area is 162 Å². The molecule has 2 aromatic rings. The summed E-state index contributed by atoms with van der Waals surface area (Å²) in [7, 11) is 0. The van der Waals surface area contributed by atoms with Crippen LogP contribution in [-0.4, -0.2) is 42.0 Å². The van der Waals surface area contributed by atoms with Crippen LogP contribution in [0.1, 0.15) is 23.6 Å². The van der Waals surface area contributed by atoms with Gasteiger partial charge in [-0.1, -0.05) is 24.3 Å². The summed E-state index contributed by atoms with van der Waals surface area (Å²) in [4.78, 5) is 19.9. The number of aromatic nitrogens is 1. The van der Waals surface area contributed by atoms with Crippen LogP contribution in [0.5, 0.6) is 0 Å². The van der Waals surface area contributed by atoms with Gasteiger partial charge in [-0.3, -0.25) is 4.79 Å². The zero-order chi connectivity index (χ0) is 20.1. The highest BCUT2D eigenvalue weighted by atomic mass is 19.4. The Bertz CT molecular complexity index is 817. The number of carbonyl (C=O) groups excluding carboxylic acids is 1. The highest BCUT2D eigenvalue weighted by Gasteiger charge is 2.32. The average Bonchev–Trinajstić information content (AvgIpc) is 2.68. The van der Waals surface area contributed by atoms with Crippen molar-refractivity contribution in [2.24, 2.45) is 0 Å². The summed E-state index contributed by atoms with van der Waals surface area (Å²) in [6.07, 6.45) is -2.66. The van der Waals surface area contributed by atoms with Crippen LogP contribution in [-0.2, 0) is 24.1 Å². The molecule has 2 heterocycles. The molecule has 1 amide bonds. The zero-order valence-electron chi connectivity index (χ0n) is 15.7. The lowest BCUT2D eigenvalue weighted by atomic mass is 10.1. The van der Waals surface area contributed by atoms with Gasteiger partial charge in [-0.15, -0.1) is 0 Å². The molecule has 3 rings (SSSR count). The maximum atomic E-state index is 13.1. The molecule has 28 heavy (non-hydrogen) atoms. The van der Waals surface area contributed by atoms with Gasteiger partial charge in [-0.2, -0.15) is 13.2 Å². The van der Waals surface area contributed by atoms with Crippen LogP contribution in [0.4, 0.5) is 19.0 Å². The van der Waals surface area contributed by atoms with Crippen LogP contribution >= 0.6 is 0 Å². The highest BCUT2D eigenvalue weighted by Crippen LogP contribution is 2.31. The van der Waals surface area contributed by atoms with E-state index >= 15 is 0 Å². The number of benzene rings is 1. The molecular weight excluding hydrogens is 369 g/mol. The number of halogens is 3. The molecule has 1 saturated heterocycles. The molecule has 0 aliphatic carbocycles. The normalized spacial score (nSPS) is 15.0. The molecule has 0 radical (unpaired) electrons. The molecule has 1 fully saturated rings. The third-order valence-corrected chi connectivity index (χ3v) is 4.85. The summed E-state index contributed by atoms with van der Waals surface area (Å²) in [5, 5.41) is 3.11. The molecule has 0 spiro atoms. The molecule has 1 aromatic carbocycles. The van der Waals surface area contributed by atoms with Crippen molar-refractivity contribution in [3.05, 3.63) is 59.3 Å². The summed E-state index contributed by atoms with van der Waals surface area (Å²) in [6.45, 7) is 4.71. The van der Waals surface area contributed by atoms with Gasteiger partial charge in [-0.05, 0) is 17.7 Å². The van der Waals surface area contributed by atoms with Gasteiger partial charge in [-0.25, -0.2) is 4.98 Å². The topological polar surface area (TPSA) is 48.5 Å². The first-order valence-electron chi connectivity index (χ1n) is 9.16. The standard InChI is InChI=1S/C20H23F3N4O/c1-15(28)26-9-11-27(12-10-26)19-17(6-4-8-25-19)14-24-13-16-5-2-3-7-18(16)20(21,22)23/h2-8,24H,9-14H2,1H3. The number of pyridine rings is 1. The lowest BCUT2D eigenvalue weighted by Gasteiger charge is -2.35. The SMILES string of the molecule is CC(=O)N1CCN(c2ncccc2CNCc2ccccc2C(F)(F)F)CC1. The van der Waals surface area contributed by atoms with E-state index < -0.39 is 11.7 Å². The van der Waals surface area contributed by atoms with Crippen molar-refractivity contribution in [2.75, 3.05) is 31.1 Å². The molecule has 0 saturated carbocycles. The van der Waals surface area contributed by atoms with Crippen LogP contribution < -0.4 is 10.2 Å². The summed E-state index contributed by atoms with van der Waals surface area (Å²) >= 11 is 0. The van der Waals surface area contributed by atoms with Crippen molar-refractivity contribution in [1.82, 2.24) is 15.2 Å². The third-order valence-electron chi connectivity index (χ3n) is 4.85. The van der Waals surface area contributed by atoms with Crippen molar-refractivity contribution in [3.63, 3.8) is 0 Å². The fourth-order valence-electron chi connectivity index (χ4n) is 3.37. The Morgan fingerprint density at radius 2 is 1.68 bits per heavy atom. The minimum atomic E-state index is -4.37. The third kappa shape index (κ3) is 4.81. The van der Waals surface area contributed by atoms with E-state index in [9.17, 15) is 18.0 Å². The van der Waals surface area contributed by atoms with Crippen molar-refractivity contribution in [3.8, 4) is 0 Å². The zero-order valence-corrected chi connectivity index (χ0v) is 15.7. The van der Waals surface area contributed by atoms with Crippen molar-refractivity contribution < 1.29 is 18.0 Å². The predicted molar refractivity (Wildman–Crippen MR) is 101 cm³/mol. The molecule has 1 aromatic heterocycles. The van der Waals surface area contributed by atoms with Gasteiger partial charge in [0.15, 0.2) is 0 Å². The van der Waals surface area contributed by atoms with Gasteiger partial charge in [0, 0.05) is 58.0 Å². The first-order chi connectivity index (χ1) is 13.4. The van der Waals surface area contributed by atoms with E-state index in [1.54, 1.807) is 24.1 Å². The first kappa shape index (κ1) is 20.1. The maximum absolute atomic E-state index is 13.1. The summed E-state index contributed by atoms with van der Waals surface area (Å²) < 4.78 is 39.4. The molecule has 0 atom stereocenters. The van der Waals surface area contributed by atoms with E-state index in [2.05, 4.69) is 15.2 Å². The molecule has 1 aliphatic rings.